The molecule has 30 heavy (non-hydrogen) atoms. The van der Waals surface area contributed by atoms with Gasteiger partial charge >= 0.3 is 6.18 Å². The van der Waals surface area contributed by atoms with Gasteiger partial charge in [0.05, 0.1) is 6.42 Å². The van der Waals surface area contributed by atoms with Gasteiger partial charge < -0.3 is 15.4 Å². The molecule has 2 aromatic carbocycles. The lowest BCUT2D eigenvalue weighted by Gasteiger charge is -2.19. The number of carbonyl (C=O) groups excluding carboxylic acids is 2. The number of ether oxygens (including phenoxy) is 1. The number of rotatable bonds is 7. The van der Waals surface area contributed by atoms with Crippen LogP contribution in [0.15, 0.2) is 48.5 Å². The van der Waals surface area contributed by atoms with E-state index in [1.807, 2.05) is 29.6 Å². The summed E-state index contributed by atoms with van der Waals surface area (Å²) in [6.45, 7) is 4.79. The number of benzene rings is 2. The molecule has 5 nitrogen and oxygen atoms in total. The second-order valence-electron chi connectivity index (χ2n) is 7.88. The van der Waals surface area contributed by atoms with Crippen LogP contribution in [0.2, 0.25) is 0 Å². The van der Waals surface area contributed by atoms with Crippen molar-refractivity contribution in [3.05, 3.63) is 59.7 Å². The quantitative estimate of drug-likeness (QED) is 0.702. The Morgan fingerprint density at radius 2 is 1.50 bits per heavy atom. The van der Waals surface area contributed by atoms with Crippen LogP contribution in [0.1, 0.15) is 31.9 Å². The van der Waals surface area contributed by atoms with E-state index in [1.165, 1.54) is 0 Å². The average Bonchev–Trinajstić information content (AvgIpc) is 2.65. The van der Waals surface area contributed by atoms with Crippen molar-refractivity contribution < 1.29 is 27.5 Å². The first-order valence-electron chi connectivity index (χ1n) is 9.38. The summed E-state index contributed by atoms with van der Waals surface area (Å²) < 4.78 is 41.8. The second kappa shape index (κ2) is 9.65. The van der Waals surface area contributed by atoms with E-state index in [-0.39, 0.29) is 24.3 Å². The molecule has 0 fully saturated rings. The lowest BCUT2D eigenvalue weighted by atomic mass is 9.87. The highest BCUT2D eigenvalue weighted by molar-refractivity contribution is 5.92. The molecule has 0 bridgehead atoms. The van der Waals surface area contributed by atoms with Crippen molar-refractivity contribution in [2.24, 2.45) is 0 Å². The molecule has 0 unspecified atom stereocenters. The van der Waals surface area contributed by atoms with E-state index in [9.17, 15) is 22.8 Å². The maximum atomic E-state index is 12.1. The highest BCUT2D eigenvalue weighted by atomic mass is 19.4. The van der Waals surface area contributed by atoms with Crippen molar-refractivity contribution in [1.82, 2.24) is 5.32 Å². The molecule has 0 aliphatic carbocycles. The van der Waals surface area contributed by atoms with Crippen LogP contribution in [0.3, 0.4) is 0 Å². The number of hydrogen-bond donors (Lipinski definition) is 2. The van der Waals surface area contributed by atoms with E-state index in [0.29, 0.717) is 17.0 Å². The molecule has 8 heteroatoms. The highest BCUT2D eigenvalue weighted by Crippen LogP contribution is 2.24. The van der Waals surface area contributed by atoms with E-state index in [2.05, 4.69) is 26.1 Å². The van der Waals surface area contributed by atoms with E-state index < -0.39 is 18.6 Å². The number of halogens is 3. The highest BCUT2D eigenvalue weighted by Gasteiger charge is 2.27. The fourth-order valence-electron chi connectivity index (χ4n) is 2.55. The maximum absolute atomic E-state index is 12.1. The number of amides is 2. The van der Waals surface area contributed by atoms with Gasteiger partial charge in [-0.25, -0.2) is 0 Å². The minimum Gasteiger partial charge on any atom is -0.484 e. The van der Waals surface area contributed by atoms with Crippen molar-refractivity contribution >= 4 is 17.5 Å². The molecule has 0 saturated carbocycles. The predicted octanol–water partition coefficient (Wildman–Crippen LogP) is 4.22. The number of hydrogen-bond acceptors (Lipinski definition) is 3. The molecule has 0 spiro atoms. The van der Waals surface area contributed by atoms with Crippen LogP contribution < -0.4 is 15.4 Å². The Labute approximate surface area is 173 Å². The third-order valence-electron chi connectivity index (χ3n) is 4.18. The molecule has 2 aromatic rings. The summed E-state index contributed by atoms with van der Waals surface area (Å²) in [6.07, 6.45) is -4.63. The Morgan fingerprint density at radius 3 is 2.03 bits per heavy atom. The number of nitrogens with one attached hydrogen (secondary N) is 2. The zero-order chi connectivity index (χ0) is 22.4. The Morgan fingerprint density at radius 1 is 0.900 bits per heavy atom. The predicted molar refractivity (Wildman–Crippen MR) is 108 cm³/mol. The van der Waals surface area contributed by atoms with E-state index in [4.69, 9.17) is 4.74 Å². The van der Waals surface area contributed by atoms with Crippen molar-refractivity contribution in [2.75, 3.05) is 18.5 Å². The van der Waals surface area contributed by atoms with Crippen molar-refractivity contribution in [3.8, 4) is 5.75 Å². The molecule has 0 aliphatic heterocycles. The fraction of sp³-hybridized carbons (Fsp3) is 0.364. The van der Waals surface area contributed by atoms with Gasteiger partial charge in [-0.05, 0) is 40.8 Å². The zero-order valence-electron chi connectivity index (χ0n) is 17.1. The fourth-order valence-corrected chi connectivity index (χ4v) is 2.55. The Bertz CT molecular complexity index is 855. The van der Waals surface area contributed by atoms with Crippen LogP contribution in [-0.2, 0) is 21.4 Å². The van der Waals surface area contributed by atoms with Gasteiger partial charge in [0, 0.05) is 5.69 Å². The molecule has 2 N–H and O–H groups in total. The van der Waals surface area contributed by atoms with Crippen LogP contribution in [0.4, 0.5) is 18.9 Å². The maximum Gasteiger partial charge on any atom is 0.405 e. The molecule has 2 rings (SSSR count). The number of carbonyl (C=O) groups is 2. The van der Waals surface area contributed by atoms with Crippen LogP contribution >= 0.6 is 0 Å². The Balaban J connectivity index is 1.79. The van der Waals surface area contributed by atoms with Gasteiger partial charge in [-0.3, -0.25) is 9.59 Å². The first-order valence-corrected chi connectivity index (χ1v) is 9.38. The second-order valence-corrected chi connectivity index (χ2v) is 7.88. The van der Waals surface area contributed by atoms with Crippen molar-refractivity contribution in [2.45, 2.75) is 38.8 Å². The summed E-state index contributed by atoms with van der Waals surface area (Å²) in [5.41, 5.74) is 2.21. The third kappa shape index (κ3) is 8.14. The van der Waals surface area contributed by atoms with Gasteiger partial charge in [0.1, 0.15) is 12.3 Å². The Hall–Kier alpha value is -3.03. The number of alkyl halides is 3. The van der Waals surface area contributed by atoms with Gasteiger partial charge in [-0.15, -0.1) is 0 Å². The van der Waals surface area contributed by atoms with Gasteiger partial charge in [0.2, 0.25) is 5.91 Å². The molecule has 0 radical (unpaired) electrons. The molecular weight excluding hydrogens is 397 g/mol. The summed E-state index contributed by atoms with van der Waals surface area (Å²) in [5.74, 6) is -0.501. The lowest BCUT2D eigenvalue weighted by Crippen LogP contribution is -2.34. The summed E-state index contributed by atoms with van der Waals surface area (Å²) in [4.78, 5) is 23.6. The first-order chi connectivity index (χ1) is 13.9. The van der Waals surface area contributed by atoms with Crippen LogP contribution in [0.25, 0.3) is 0 Å². The molecule has 0 aromatic heterocycles. The molecule has 0 atom stereocenters. The smallest absolute Gasteiger partial charge is 0.405 e. The van der Waals surface area contributed by atoms with Gasteiger partial charge in [0.25, 0.3) is 5.91 Å². The SMILES string of the molecule is CC(C)(C)c1ccc(OCC(=O)Nc2ccc(CC(=O)NCC(F)(F)F)cc2)cc1. The normalized spacial score (nSPS) is 11.7. The van der Waals surface area contributed by atoms with Gasteiger partial charge in [-0.1, -0.05) is 45.0 Å². The minimum absolute atomic E-state index is 0.0288. The van der Waals surface area contributed by atoms with Gasteiger partial charge in [-0.2, -0.15) is 13.2 Å². The molecule has 162 valence electrons. The van der Waals surface area contributed by atoms with Crippen LogP contribution in [0, 0.1) is 0 Å². The van der Waals surface area contributed by atoms with Crippen LogP contribution in [0.5, 0.6) is 5.75 Å². The van der Waals surface area contributed by atoms with Gasteiger partial charge in [0.15, 0.2) is 6.61 Å². The molecular formula is C22H25F3N2O3. The van der Waals surface area contributed by atoms with Crippen molar-refractivity contribution in [3.63, 3.8) is 0 Å². The summed E-state index contributed by atoms with van der Waals surface area (Å²) >= 11 is 0. The first kappa shape index (κ1) is 23.3. The molecule has 0 saturated heterocycles. The van der Waals surface area contributed by atoms with Crippen molar-refractivity contribution in [1.29, 1.82) is 0 Å². The average molecular weight is 422 g/mol. The standard InChI is InChI=1S/C22H25F3N2O3/c1-21(2,3)16-6-10-18(11-7-16)30-13-20(29)27-17-8-4-15(5-9-17)12-19(28)26-14-22(23,24)25/h4-11H,12-14H2,1-3H3,(H,26,28)(H,27,29). The monoisotopic (exact) mass is 422 g/mol. The zero-order valence-corrected chi connectivity index (χ0v) is 17.1. The Kier molecular flexibility index (Phi) is 7.48. The molecule has 0 heterocycles. The molecule has 0 aliphatic rings. The summed E-state index contributed by atoms with van der Waals surface area (Å²) in [5, 5.41) is 4.47. The summed E-state index contributed by atoms with van der Waals surface area (Å²) in [7, 11) is 0. The van der Waals surface area contributed by atoms with E-state index in [1.54, 1.807) is 24.3 Å². The van der Waals surface area contributed by atoms with E-state index >= 15 is 0 Å². The van der Waals surface area contributed by atoms with Crippen LogP contribution in [-0.4, -0.2) is 31.1 Å². The largest absolute Gasteiger partial charge is 0.484 e. The van der Waals surface area contributed by atoms with E-state index in [0.717, 1.165) is 5.56 Å². The topological polar surface area (TPSA) is 67.4 Å². The number of anilines is 1. The molecule has 2 amide bonds. The third-order valence-corrected chi connectivity index (χ3v) is 4.18. The minimum atomic E-state index is -4.44. The lowest BCUT2D eigenvalue weighted by molar-refractivity contribution is -0.138. The summed E-state index contributed by atoms with van der Waals surface area (Å²) in [6, 6.07) is 13.8.